The van der Waals surface area contributed by atoms with E-state index in [1.54, 1.807) is 4.90 Å². The Morgan fingerprint density at radius 1 is 1.02 bits per heavy atom. The van der Waals surface area contributed by atoms with Crippen molar-refractivity contribution in [3.05, 3.63) is 105 Å². The fourth-order valence-corrected chi connectivity index (χ4v) is 4.82. The number of halogens is 2. The average Bonchev–Trinajstić information content (AvgIpc) is 3.66. The van der Waals surface area contributed by atoms with Crippen LogP contribution in [0.2, 0.25) is 0 Å². The number of hydrogen-bond donors (Lipinski definition) is 3. The molecule has 1 aliphatic rings. The molecule has 4 heterocycles. The molecule has 10 nitrogen and oxygen atoms in total. The lowest BCUT2D eigenvalue weighted by Crippen LogP contribution is -2.36. The Morgan fingerprint density at radius 3 is 2.70 bits per heavy atom. The zero-order chi connectivity index (χ0) is 27.8. The molecule has 0 unspecified atom stereocenters. The molecule has 3 aromatic heterocycles. The van der Waals surface area contributed by atoms with Crippen molar-refractivity contribution in [3.63, 3.8) is 0 Å². The van der Waals surface area contributed by atoms with Gasteiger partial charge in [-0.1, -0.05) is 24.3 Å². The number of nitrogens with one attached hydrogen (secondary N) is 3. The Morgan fingerprint density at radius 2 is 1.88 bits per heavy atom. The van der Waals surface area contributed by atoms with Crippen LogP contribution in [-0.2, 0) is 24.4 Å². The first-order chi connectivity index (χ1) is 19.4. The minimum Gasteiger partial charge on any atom is -0.353 e. The SMILES string of the molecule is O=C(NCCC(=O)N1Cc2[nH]nc(-c3cc4ccccc4[nH]3)c2C1)c1ccnn(Cc2ccc(F)c(F)c2)c1=O. The van der Waals surface area contributed by atoms with Gasteiger partial charge in [-0.25, -0.2) is 13.5 Å². The molecule has 12 heteroatoms. The van der Waals surface area contributed by atoms with Crippen LogP contribution in [-0.4, -0.2) is 48.2 Å². The van der Waals surface area contributed by atoms with E-state index in [0.717, 1.165) is 50.4 Å². The van der Waals surface area contributed by atoms with Gasteiger partial charge in [-0.3, -0.25) is 19.5 Å². The number of amides is 2. The van der Waals surface area contributed by atoms with Crippen molar-refractivity contribution in [2.75, 3.05) is 6.54 Å². The second kappa shape index (κ2) is 10.2. The lowest BCUT2D eigenvalue weighted by Gasteiger charge is -2.16. The summed E-state index contributed by atoms with van der Waals surface area (Å²) in [4.78, 5) is 43.4. The van der Waals surface area contributed by atoms with Gasteiger partial charge >= 0.3 is 0 Å². The summed E-state index contributed by atoms with van der Waals surface area (Å²) < 4.78 is 27.7. The molecule has 0 aliphatic carbocycles. The molecule has 6 rings (SSSR count). The molecule has 40 heavy (non-hydrogen) atoms. The van der Waals surface area contributed by atoms with Crippen molar-refractivity contribution < 1.29 is 18.4 Å². The van der Waals surface area contributed by atoms with Crippen molar-refractivity contribution in [1.29, 1.82) is 0 Å². The van der Waals surface area contributed by atoms with Crippen molar-refractivity contribution in [2.45, 2.75) is 26.1 Å². The van der Waals surface area contributed by atoms with Crippen molar-refractivity contribution >= 4 is 22.7 Å². The number of benzene rings is 2. The van der Waals surface area contributed by atoms with Crippen LogP contribution >= 0.6 is 0 Å². The zero-order valence-electron chi connectivity index (χ0n) is 21.1. The third kappa shape index (κ3) is 4.75. The van der Waals surface area contributed by atoms with Gasteiger partial charge in [-0.05, 0) is 35.9 Å². The van der Waals surface area contributed by atoms with E-state index in [9.17, 15) is 23.2 Å². The highest BCUT2D eigenvalue weighted by Crippen LogP contribution is 2.32. The van der Waals surface area contributed by atoms with E-state index in [4.69, 9.17) is 0 Å². The number of hydrogen-bond acceptors (Lipinski definition) is 5. The van der Waals surface area contributed by atoms with Gasteiger partial charge in [0.2, 0.25) is 5.91 Å². The molecule has 0 bridgehead atoms. The Hall–Kier alpha value is -5.13. The molecular weight excluding hydrogens is 520 g/mol. The quantitative estimate of drug-likeness (QED) is 0.291. The molecule has 0 radical (unpaired) electrons. The lowest BCUT2D eigenvalue weighted by molar-refractivity contribution is -0.131. The molecule has 5 aromatic rings. The van der Waals surface area contributed by atoms with Crippen LogP contribution in [0.3, 0.4) is 0 Å². The van der Waals surface area contributed by atoms with Gasteiger partial charge in [0.15, 0.2) is 11.6 Å². The molecule has 2 amide bonds. The monoisotopic (exact) mass is 543 g/mol. The van der Waals surface area contributed by atoms with E-state index in [1.807, 2.05) is 30.3 Å². The first kappa shape index (κ1) is 25.2. The van der Waals surface area contributed by atoms with Crippen LogP contribution in [0.15, 0.2) is 65.6 Å². The Labute approximate surface area is 225 Å². The number of para-hydroxylation sites is 1. The number of nitrogens with zero attached hydrogens (tertiary/aromatic N) is 4. The van der Waals surface area contributed by atoms with E-state index in [-0.39, 0.29) is 31.0 Å². The van der Waals surface area contributed by atoms with Crippen molar-refractivity contribution in [1.82, 2.24) is 35.2 Å². The molecule has 0 fully saturated rings. The fourth-order valence-electron chi connectivity index (χ4n) is 4.82. The Bertz CT molecular complexity index is 1790. The summed E-state index contributed by atoms with van der Waals surface area (Å²) >= 11 is 0. The number of aromatic amines is 2. The normalized spacial score (nSPS) is 12.6. The first-order valence-corrected chi connectivity index (χ1v) is 12.6. The smallest absolute Gasteiger partial charge is 0.279 e. The third-order valence-electron chi connectivity index (χ3n) is 6.89. The molecule has 0 saturated heterocycles. The highest BCUT2D eigenvalue weighted by atomic mass is 19.2. The van der Waals surface area contributed by atoms with E-state index >= 15 is 0 Å². The largest absolute Gasteiger partial charge is 0.353 e. The maximum atomic E-state index is 13.5. The number of aromatic nitrogens is 5. The lowest BCUT2D eigenvalue weighted by atomic mass is 10.1. The zero-order valence-corrected chi connectivity index (χ0v) is 21.1. The number of rotatable bonds is 7. The highest BCUT2D eigenvalue weighted by Gasteiger charge is 2.29. The molecule has 3 N–H and O–H groups in total. The van der Waals surface area contributed by atoms with Gasteiger partial charge in [0, 0.05) is 35.6 Å². The maximum Gasteiger partial charge on any atom is 0.279 e. The Balaban J connectivity index is 1.06. The third-order valence-corrected chi connectivity index (χ3v) is 6.89. The summed E-state index contributed by atoms with van der Waals surface area (Å²) in [5, 5.41) is 15.1. The number of H-pyrrole nitrogens is 2. The second-order valence-electron chi connectivity index (χ2n) is 9.51. The van der Waals surface area contributed by atoms with Crippen LogP contribution in [0.4, 0.5) is 8.78 Å². The topological polar surface area (TPSA) is 129 Å². The summed E-state index contributed by atoms with van der Waals surface area (Å²) in [6, 6.07) is 14.5. The van der Waals surface area contributed by atoms with E-state index in [1.165, 1.54) is 18.3 Å². The second-order valence-corrected chi connectivity index (χ2v) is 9.51. The summed E-state index contributed by atoms with van der Waals surface area (Å²) in [6.45, 7) is 0.664. The molecular formula is C28H23F2N7O3. The standard InChI is InChI=1S/C28H23F2N7O3/c29-20-6-5-16(11-21(20)30)13-37-28(40)18(7-10-32-37)27(39)31-9-8-25(38)36-14-19-24(15-36)34-35-26(19)23-12-17-3-1-2-4-22(17)33-23/h1-7,10-12,33H,8-9,13-15H2,(H,31,39)(H,34,35). The summed E-state index contributed by atoms with van der Waals surface area (Å²) in [6.07, 6.45) is 1.32. The van der Waals surface area contributed by atoms with Gasteiger partial charge in [0.1, 0.15) is 11.3 Å². The minimum atomic E-state index is -1.04. The number of fused-ring (bicyclic) bond motifs is 2. The molecule has 0 atom stereocenters. The van der Waals surface area contributed by atoms with Crippen LogP contribution in [0, 0.1) is 11.6 Å². The minimum absolute atomic E-state index is 0.0279. The molecule has 0 spiro atoms. The predicted octanol–water partition coefficient (Wildman–Crippen LogP) is 3.10. The predicted molar refractivity (Wildman–Crippen MR) is 141 cm³/mol. The van der Waals surface area contributed by atoms with Gasteiger partial charge in [0.25, 0.3) is 11.5 Å². The number of carbonyl (C=O) groups excluding carboxylic acids is 2. The van der Waals surface area contributed by atoms with Gasteiger partial charge < -0.3 is 15.2 Å². The highest BCUT2D eigenvalue weighted by molar-refractivity contribution is 5.94. The van der Waals surface area contributed by atoms with Crippen molar-refractivity contribution in [3.8, 4) is 11.4 Å². The van der Waals surface area contributed by atoms with Crippen LogP contribution < -0.4 is 10.9 Å². The summed E-state index contributed by atoms with van der Waals surface area (Å²) in [5.74, 6) is -2.85. The summed E-state index contributed by atoms with van der Waals surface area (Å²) in [7, 11) is 0. The van der Waals surface area contributed by atoms with E-state index in [0.29, 0.717) is 18.7 Å². The molecule has 2 aromatic carbocycles. The maximum absolute atomic E-state index is 13.5. The fraction of sp³-hybridized carbons (Fsp3) is 0.179. The molecule has 0 saturated carbocycles. The molecule has 1 aliphatic heterocycles. The van der Waals surface area contributed by atoms with Crippen LogP contribution in [0.5, 0.6) is 0 Å². The Kier molecular flexibility index (Phi) is 6.42. The first-order valence-electron chi connectivity index (χ1n) is 12.6. The average molecular weight is 544 g/mol. The van der Waals surface area contributed by atoms with E-state index in [2.05, 4.69) is 25.6 Å². The van der Waals surface area contributed by atoms with Crippen molar-refractivity contribution in [2.24, 2.45) is 0 Å². The molecule has 202 valence electrons. The van der Waals surface area contributed by atoms with Gasteiger partial charge in [-0.2, -0.15) is 10.2 Å². The van der Waals surface area contributed by atoms with Crippen LogP contribution in [0.1, 0.15) is 33.6 Å². The van der Waals surface area contributed by atoms with Crippen LogP contribution in [0.25, 0.3) is 22.3 Å². The van der Waals surface area contributed by atoms with Gasteiger partial charge in [0.05, 0.1) is 31.0 Å². The van der Waals surface area contributed by atoms with E-state index < -0.39 is 23.1 Å². The summed E-state index contributed by atoms with van der Waals surface area (Å²) in [5.41, 5.74) is 3.91. The number of carbonyl (C=O) groups is 2. The van der Waals surface area contributed by atoms with Gasteiger partial charge in [-0.15, -0.1) is 0 Å².